The Morgan fingerprint density at radius 2 is 1.94 bits per heavy atom. The Morgan fingerprint density at radius 3 is 2.50 bits per heavy atom. The number of nitrogens with one attached hydrogen (secondary N) is 1. The number of aryl methyl sites for hydroxylation is 1. The molecular formula is C15H22N2O. The summed E-state index contributed by atoms with van der Waals surface area (Å²) in [6, 6.07) is 0. The first-order valence-corrected chi connectivity index (χ1v) is 7.04. The molecule has 98 valence electrons. The number of nitrogens with zero attached hydrogens (tertiary/aromatic N) is 1. The molecule has 3 heteroatoms. The number of aldehydes is 1. The van der Waals surface area contributed by atoms with Crippen molar-refractivity contribution in [1.29, 1.82) is 0 Å². The van der Waals surface area contributed by atoms with Crippen LogP contribution in [0.1, 0.15) is 46.6 Å². The third-order valence-electron chi connectivity index (χ3n) is 4.93. The molecule has 1 N–H and O–H groups in total. The molecule has 0 radical (unpaired) electrons. The fourth-order valence-corrected chi connectivity index (χ4v) is 3.85. The van der Waals surface area contributed by atoms with Gasteiger partial charge in [-0.2, -0.15) is 0 Å². The lowest BCUT2D eigenvalue weighted by atomic mass is 10.0. The number of hydrogen-bond acceptors (Lipinski definition) is 2. The van der Waals surface area contributed by atoms with Gasteiger partial charge in [-0.1, -0.05) is 6.42 Å². The molecule has 3 rings (SSSR count). The first kappa shape index (κ1) is 12.0. The molecule has 2 atom stereocenters. The highest BCUT2D eigenvalue weighted by molar-refractivity contribution is 5.75. The second-order valence-corrected chi connectivity index (χ2v) is 6.03. The van der Waals surface area contributed by atoms with Crippen LogP contribution < -0.4 is 0 Å². The van der Waals surface area contributed by atoms with E-state index < -0.39 is 0 Å². The van der Waals surface area contributed by atoms with Crippen molar-refractivity contribution in [2.75, 3.05) is 13.1 Å². The second-order valence-electron chi connectivity index (χ2n) is 6.03. The van der Waals surface area contributed by atoms with Gasteiger partial charge in [-0.05, 0) is 49.7 Å². The van der Waals surface area contributed by atoms with Crippen molar-refractivity contribution in [3.8, 4) is 0 Å². The molecule has 1 aliphatic carbocycles. The summed E-state index contributed by atoms with van der Waals surface area (Å²) in [4.78, 5) is 16.7. The molecule has 2 aliphatic rings. The van der Waals surface area contributed by atoms with E-state index in [2.05, 4.69) is 23.7 Å². The zero-order valence-corrected chi connectivity index (χ0v) is 11.3. The zero-order valence-electron chi connectivity index (χ0n) is 11.3. The number of carbonyl (C=O) groups is 1. The molecule has 0 amide bonds. The van der Waals surface area contributed by atoms with Gasteiger partial charge in [-0.3, -0.25) is 9.69 Å². The first-order valence-electron chi connectivity index (χ1n) is 7.04. The van der Waals surface area contributed by atoms with Crippen LogP contribution in [0.2, 0.25) is 0 Å². The predicted octanol–water partition coefficient (Wildman–Crippen LogP) is 2.68. The summed E-state index contributed by atoms with van der Waals surface area (Å²) in [5.74, 6) is 1.88. The van der Waals surface area contributed by atoms with Crippen LogP contribution in [0, 0.1) is 25.7 Å². The Kier molecular flexibility index (Phi) is 3.02. The molecule has 0 unspecified atom stereocenters. The number of carbonyl (C=O) groups excluding carboxylic acids is 1. The van der Waals surface area contributed by atoms with Crippen molar-refractivity contribution < 1.29 is 4.79 Å². The Morgan fingerprint density at radius 1 is 1.28 bits per heavy atom. The molecule has 2 fully saturated rings. The van der Waals surface area contributed by atoms with E-state index in [1.54, 1.807) is 0 Å². The van der Waals surface area contributed by atoms with Crippen LogP contribution in [0.5, 0.6) is 0 Å². The van der Waals surface area contributed by atoms with Crippen molar-refractivity contribution >= 4 is 6.29 Å². The van der Waals surface area contributed by atoms with Crippen LogP contribution in [0.3, 0.4) is 0 Å². The fraction of sp³-hybridized carbons (Fsp3) is 0.667. The number of aromatic nitrogens is 1. The minimum atomic E-state index is 0.752. The minimum Gasteiger partial charge on any atom is -0.356 e. The van der Waals surface area contributed by atoms with Gasteiger partial charge in [-0.25, -0.2) is 0 Å². The summed E-state index contributed by atoms with van der Waals surface area (Å²) in [6.07, 6.45) is 5.21. The van der Waals surface area contributed by atoms with Crippen molar-refractivity contribution in [3.05, 3.63) is 22.5 Å². The van der Waals surface area contributed by atoms with Gasteiger partial charge < -0.3 is 4.98 Å². The van der Waals surface area contributed by atoms with Crippen molar-refractivity contribution in [2.24, 2.45) is 11.8 Å². The van der Waals surface area contributed by atoms with E-state index in [1.165, 1.54) is 37.9 Å². The number of fused-ring (bicyclic) bond motifs is 1. The molecule has 3 nitrogen and oxygen atoms in total. The van der Waals surface area contributed by atoms with Gasteiger partial charge in [0.05, 0.1) is 5.69 Å². The van der Waals surface area contributed by atoms with Gasteiger partial charge >= 0.3 is 0 Å². The van der Waals surface area contributed by atoms with Crippen LogP contribution in [0.15, 0.2) is 0 Å². The number of rotatable bonds is 3. The summed E-state index contributed by atoms with van der Waals surface area (Å²) >= 11 is 0. The highest BCUT2D eigenvalue weighted by Gasteiger charge is 2.36. The molecule has 1 aromatic rings. The molecule has 2 heterocycles. The largest absolute Gasteiger partial charge is 0.356 e. The molecule has 1 saturated carbocycles. The summed E-state index contributed by atoms with van der Waals surface area (Å²) in [5, 5.41) is 0. The van der Waals surface area contributed by atoms with Gasteiger partial charge in [0.1, 0.15) is 0 Å². The zero-order chi connectivity index (χ0) is 12.7. The van der Waals surface area contributed by atoms with E-state index in [0.29, 0.717) is 0 Å². The minimum absolute atomic E-state index is 0.752. The highest BCUT2D eigenvalue weighted by atomic mass is 16.1. The van der Waals surface area contributed by atoms with Crippen LogP contribution in [-0.4, -0.2) is 29.3 Å². The summed E-state index contributed by atoms with van der Waals surface area (Å²) in [7, 11) is 0. The number of likely N-dealkylation sites (tertiary alicyclic amines) is 1. The summed E-state index contributed by atoms with van der Waals surface area (Å²) < 4.78 is 0. The van der Waals surface area contributed by atoms with Gasteiger partial charge in [0, 0.05) is 25.3 Å². The molecule has 0 spiro atoms. The summed E-state index contributed by atoms with van der Waals surface area (Å²) in [5.41, 5.74) is 4.38. The van der Waals surface area contributed by atoms with E-state index in [4.69, 9.17) is 0 Å². The topological polar surface area (TPSA) is 36.1 Å². The van der Waals surface area contributed by atoms with Crippen LogP contribution in [0.25, 0.3) is 0 Å². The maximum absolute atomic E-state index is 10.9. The van der Waals surface area contributed by atoms with Crippen molar-refractivity contribution in [2.45, 2.75) is 39.7 Å². The Hall–Kier alpha value is -1.09. The lowest BCUT2D eigenvalue weighted by Gasteiger charge is -2.17. The summed E-state index contributed by atoms with van der Waals surface area (Å²) in [6.45, 7) is 7.65. The van der Waals surface area contributed by atoms with Gasteiger partial charge in [0.2, 0.25) is 0 Å². The van der Waals surface area contributed by atoms with E-state index in [9.17, 15) is 4.79 Å². The first-order chi connectivity index (χ1) is 8.69. The van der Waals surface area contributed by atoms with Gasteiger partial charge in [0.25, 0.3) is 0 Å². The fourth-order valence-electron chi connectivity index (χ4n) is 3.85. The molecule has 1 saturated heterocycles. The van der Waals surface area contributed by atoms with Crippen LogP contribution in [-0.2, 0) is 6.54 Å². The second kappa shape index (κ2) is 4.54. The maximum atomic E-state index is 10.9. The van der Waals surface area contributed by atoms with Gasteiger partial charge in [-0.15, -0.1) is 0 Å². The highest BCUT2D eigenvalue weighted by Crippen LogP contribution is 2.38. The predicted molar refractivity (Wildman–Crippen MR) is 71.8 cm³/mol. The third kappa shape index (κ3) is 1.91. The average Bonchev–Trinajstić information content (AvgIpc) is 2.97. The van der Waals surface area contributed by atoms with Gasteiger partial charge in [0.15, 0.2) is 6.29 Å². The lowest BCUT2D eigenvalue weighted by molar-refractivity contribution is 0.111. The molecule has 0 bridgehead atoms. The number of hydrogen-bond donors (Lipinski definition) is 1. The van der Waals surface area contributed by atoms with E-state index in [1.807, 2.05) is 0 Å². The smallest absolute Gasteiger partial charge is 0.166 e. The molecule has 0 aromatic carbocycles. The maximum Gasteiger partial charge on any atom is 0.166 e. The monoisotopic (exact) mass is 246 g/mol. The van der Waals surface area contributed by atoms with Crippen molar-refractivity contribution in [1.82, 2.24) is 9.88 Å². The Balaban J connectivity index is 1.73. The molecule has 18 heavy (non-hydrogen) atoms. The third-order valence-corrected chi connectivity index (χ3v) is 4.93. The standard InChI is InChI=1S/C15H22N2O/c1-10-14(11(2)16-15(10)9-18)8-17-6-12-4-3-5-13(12)7-17/h9,12-13,16H,3-8H2,1-2H3/t12-,13+. The van der Waals surface area contributed by atoms with Crippen LogP contribution in [0.4, 0.5) is 0 Å². The van der Waals surface area contributed by atoms with E-state index in [0.717, 1.165) is 41.6 Å². The Bertz CT molecular complexity index is 451. The normalized spacial score (nSPS) is 27.7. The van der Waals surface area contributed by atoms with Crippen LogP contribution >= 0.6 is 0 Å². The Labute approximate surface area is 109 Å². The number of aromatic amines is 1. The van der Waals surface area contributed by atoms with E-state index in [-0.39, 0.29) is 0 Å². The average molecular weight is 246 g/mol. The SMILES string of the molecule is Cc1[nH]c(C=O)c(C)c1CN1C[C@H]2CCC[C@H]2C1. The molecule has 1 aliphatic heterocycles. The number of H-pyrrole nitrogens is 1. The lowest BCUT2D eigenvalue weighted by Crippen LogP contribution is -2.21. The quantitative estimate of drug-likeness (QED) is 0.832. The van der Waals surface area contributed by atoms with E-state index >= 15 is 0 Å². The molecular weight excluding hydrogens is 224 g/mol. The van der Waals surface area contributed by atoms with Crippen molar-refractivity contribution in [3.63, 3.8) is 0 Å². The molecule has 1 aromatic heterocycles.